The van der Waals surface area contributed by atoms with Gasteiger partial charge in [-0.3, -0.25) is 4.79 Å². The molecule has 1 aromatic heterocycles. The average molecular weight is 518 g/mol. The molecule has 0 bridgehead atoms. The fourth-order valence-corrected chi connectivity index (χ4v) is 4.10. The minimum Gasteiger partial charge on any atom is -1.00 e. The maximum atomic E-state index is 12.9. The Labute approximate surface area is 221 Å². The van der Waals surface area contributed by atoms with Gasteiger partial charge in [0.15, 0.2) is 6.20 Å². The third-order valence-corrected chi connectivity index (χ3v) is 6.04. The van der Waals surface area contributed by atoms with Crippen LogP contribution in [0.5, 0.6) is 0 Å². The van der Waals surface area contributed by atoms with Gasteiger partial charge in [0.2, 0.25) is 5.52 Å². The van der Waals surface area contributed by atoms with Gasteiger partial charge >= 0.3 is 0 Å². The molecule has 36 heavy (non-hydrogen) atoms. The molecular weight excluding hydrogens is 493 g/mol. The Hall–Kier alpha value is -4.00. The van der Waals surface area contributed by atoms with Crippen LogP contribution in [0.4, 0.5) is 22.7 Å². The summed E-state index contributed by atoms with van der Waals surface area (Å²) in [6.07, 6.45) is 7.49. The Morgan fingerprint density at radius 3 is 2.56 bits per heavy atom. The molecule has 182 valence electrons. The van der Waals surface area contributed by atoms with Crippen LogP contribution in [0.2, 0.25) is 0 Å². The largest absolute Gasteiger partial charge is 1.00 e. The van der Waals surface area contributed by atoms with Crippen molar-refractivity contribution in [3.8, 4) is 0 Å². The molecule has 1 amide bonds. The molecule has 6 nitrogen and oxygen atoms in total. The number of nitrogens with one attached hydrogen (secondary N) is 4. The van der Waals surface area contributed by atoms with E-state index in [2.05, 4.69) is 27.0 Å². The third-order valence-electron chi connectivity index (χ3n) is 5.79. The number of amides is 1. The zero-order valence-corrected chi connectivity index (χ0v) is 21.0. The number of likely N-dealkylation sites (N-methyl/N-ethyl adjacent to an activating group) is 1. The summed E-state index contributed by atoms with van der Waals surface area (Å²) >= 11 is 6.13. The number of fused-ring (bicyclic) bond motifs is 1. The summed E-state index contributed by atoms with van der Waals surface area (Å²) in [6, 6.07) is 25.2. The molecule has 1 aliphatic heterocycles. The molecular formula is C28H25Cl2N5O. The summed E-state index contributed by atoms with van der Waals surface area (Å²) in [5.74, 6) is -0.176. The van der Waals surface area contributed by atoms with E-state index in [1.807, 2.05) is 103 Å². The Balaban J connectivity index is 0.00000304. The van der Waals surface area contributed by atoms with Crippen molar-refractivity contribution < 1.29 is 22.2 Å². The van der Waals surface area contributed by atoms with Crippen LogP contribution in [0, 0.1) is 0 Å². The van der Waals surface area contributed by atoms with Gasteiger partial charge in [-0.25, -0.2) is 4.98 Å². The lowest BCUT2D eigenvalue weighted by molar-refractivity contribution is -0.344. The quantitative estimate of drug-likeness (QED) is 0.367. The van der Waals surface area contributed by atoms with Crippen molar-refractivity contribution in [1.82, 2.24) is 4.90 Å². The van der Waals surface area contributed by atoms with Crippen LogP contribution < -0.4 is 33.3 Å². The number of anilines is 4. The molecule has 0 radical (unpaired) electrons. The van der Waals surface area contributed by atoms with Crippen LogP contribution in [0.1, 0.15) is 10.4 Å². The van der Waals surface area contributed by atoms with Crippen LogP contribution in [-0.2, 0) is 0 Å². The number of carbonyl (C=O) groups is 1. The molecule has 0 spiro atoms. The van der Waals surface area contributed by atoms with E-state index in [0.717, 1.165) is 33.7 Å². The Morgan fingerprint density at radius 1 is 0.944 bits per heavy atom. The number of benzene rings is 3. The number of aromatic nitrogens is 1. The summed E-state index contributed by atoms with van der Waals surface area (Å²) in [4.78, 5) is 18.1. The van der Waals surface area contributed by atoms with Gasteiger partial charge in [0.05, 0.1) is 11.1 Å². The number of halogens is 2. The molecule has 5 rings (SSSR count). The van der Waals surface area contributed by atoms with Gasteiger partial charge in [-0.2, -0.15) is 0 Å². The fourth-order valence-electron chi connectivity index (χ4n) is 3.92. The molecule has 1 aliphatic rings. The number of H-pyrrole nitrogens is 1. The van der Waals surface area contributed by atoms with Crippen LogP contribution in [-0.4, -0.2) is 24.0 Å². The fraction of sp³-hybridized carbons (Fsp3) is 0.0714. The number of allylic oxidation sites excluding steroid dienone is 2. The second-order valence-electron chi connectivity index (χ2n) is 8.30. The molecule has 0 saturated carbocycles. The molecule has 0 saturated heterocycles. The monoisotopic (exact) mass is 517 g/mol. The molecule has 0 fully saturated rings. The number of hydrogen-bond acceptors (Lipinski definition) is 4. The third kappa shape index (κ3) is 5.79. The van der Waals surface area contributed by atoms with E-state index in [-0.39, 0.29) is 24.5 Å². The standard InChI is InChI=1S/C28H24ClN5O.ClH/c1-34-16-14-20(29)18-27(34)32-23-6-4-5-19(17-23)28(35)33-22-11-9-21(10-12-22)31-26-13-15-30-25-8-3-2-7-24(25)26;/h2-18,27,32H,1H3,(H,30,31)(H,33,35);1H. The smallest absolute Gasteiger partial charge is 0.255 e. The summed E-state index contributed by atoms with van der Waals surface area (Å²) in [5, 5.41) is 11.6. The number of hydrogen-bond donors (Lipinski definition) is 3. The van der Waals surface area contributed by atoms with E-state index in [1.54, 1.807) is 6.07 Å². The van der Waals surface area contributed by atoms with Gasteiger partial charge in [-0.15, -0.1) is 0 Å². The van der Waals surface area contributed by atoms with Gasteiger partial charge in [-0.05, 0) is 60.7 Å². The number of carbonyl (C=O) groups excluding carboxylic acids is 1. The van der Waals surface area contributed by atoms with Gasteiger partial charge in [-0.1, -0.05) is 29.8 Å². The van der Waals surface area contributed by atoms with Crippen molar-refractivity contribution in [3.63, 3.8) is 0 Å². The SMILES string of the molecule is CN1C=CC(Cl)=CC1Nc1cccc(C(=O)Nc2ccc(Nc3cc[nH+]c4ccccc34)cc2)c1.[Cl-]. The molecule has 1 unspecified atom stereocenters. The van der Waals surface area contributed by atoms with E-state index < -0.39 is 0 Å². The predicted octanol–water partition coefficient (Wildman–Crippen LogP) is 2.97. The minimum atomic E-state index is -0.176. The Morgan fingerprint density at radius 2 is 1.72 bits per heavy atom. The lowest BCUT2D eigenvalue weighted by Gasteiger charge is -2.28. The number of aromatic amines is 1. The van der Waals surface area contributed by atoms with E-state index >= 15 is 0 Å². The van der Waals surface area contributed by atoms with Crippen molar-refractivity contribution in [3.05, 3.63) is 114 Å². The number of rotatable bonds is 6. The molecule has 4 N–H and O–H groups in total. The van der Waals surface area contributed by atoms with Gasteiger partial charge in [0, 0.05) is 53.0 Å². The number of pyridine rings is 1. The number of nitrogens with zero attached hydrogens (tertiary/aromatic N) is 1. The van der Waals surface area contributed by atoms with Crippen LogP contribution in [0.3, 0.4) is 0 Å². The highest BCUT2D eigenvalue weighted by molar-refractivity contribution is 6.31. The molecule has 0 aliphatic carbocycles. The topological polar surface area (TPSA) is 70.5 Å². The van der Waals surface area contributed by atoms with Crippen LogP contribution in [0.25, 0.3) is 10.9 Å². The van der Waals surface area contributed by atoms with Crippen molar-refractivity contribution in [2.75, 3.05) is 23.0 Å². The first kappa shape index (κ1) is 25.1. The average Bonchev–Trinajstić information content (AvgIpc) is 2.88. The van der Waals surface area contributed by atoms with E-state index in [9.17, 15) is 4.79 Å². The lowest BCUT2D eigenvalue weighted by atomic mass is 10.1. The van der Waals surface area contributed by atoms with E-state index in [0.29, 0.717) is 10.6 Å². The van der Waals surface area contributed by atoms with Gasteiger partial charge < -0.3 is 33.3 Å². The summed E-state index contributed by atoms with van der Waals surface area (Å²) in [6.45, 7) is 0. The minimum absolute atomic E-state index is 0. The van der Waals surface area contributed by atoms with Gasteiger partial charge in [0.25, 0.3) is 5.91 Å². The second kappa shape index (κ2) is 11.2. The first-order valence-electron chi connectivity index (χ1n) is 11.3. The maximum absolute atomic E-state index is 12.9. The van der Waals surface area contributed by atoms with E-state index in [4.69, 9.17) is 11.6 Å². The zero-order chi connectivity index (χ0) is 24.2. The Kier molecular flexibility index (Phi) is 7.78. The normalized spacial score (nSPS) is 14.6. The molecule has 4 aromatic rings. The van der Waals surface area contributed by atoms with Gasteiger partial charge in [0.1, 0.15) is 6.17 Å². The maximum Gasteiger partial charge on any atom is 0.255 e. The van der Waals surface area contributed by atoms with Crippen molar-refractivity contribution >= 4 is 51.2 Å². The molecule has 2 heterocycles. The van der Waals surface area contributed by atoms with Crippen LogP contribution >= 0.6 is 11.6 Å². The summed E-state index contributed by atoms with van der Waals surface area (Å²) in [5.41, 5.74) is 5.12. The number of para-hydroxylation sites is 1. The zero-order valence-electron chi connectivity index (χ0n) is 19.5. The van der Waals surface area contributed by atoms with E-state index in [1.165, 1.54) is 0 Å². The highest BCUT2D eigenvalue weighted by atomic mass is 35.5. The Bertz CT molecular complexity index is 1430. The molecule has 3 aromatic carbocycles. The van der Waals surface area contributed by atoms with Crippen molar-refractivity contribution in [2.24, 2.45) is 0 Å². The predicted molar refractivity (Wildman–Crippen MR) is 143 cm³/mol. The first-order valence-corrected chi connectivity index (χ1v) is 11.6. The highest BCUT2D eigenvalue weighted by Crippen LogP contribution is 2.25. The molecule has 8 heteroatoms. The van der Waals surface area contributed by atoms with Crippen molar-refractivity contribution in [2.45, 2.75) is 6.17 Å². The van der Waals surface area contributed by atoms with Crippen LogP contribution in [0.15, 0.2) is 108 Å². The molecule has 1 atom stereocenters. The summed E-state index contributed by atoms with van der Waals surface area (Å²) < 4.78 is 0. The summed E-state index contributed by atoms with van der Waals surface area (Å²) in [7, 11) is 1.96. The first-order chi connectivity index (χ1) is 17.0. The highest BCUT2D eigenvalue weighted by Gasteiger charge is 2.14. The second-order valence-corrected chi connectivity index (χ2v) is 8.73. The van der Waals surface area contributed by atoms with Crippen molar-refractivity contribution in [1.29, 1.82) is 0 Å². The lowest BCUT2D eigenvalue weighted by Crippen LogP contribution is -3.00.